The van der Waals surface area contributed by atoms with Crippen molar-refractivity contribution >= 4 is 11.6 Å². The van der Waals surface area contributed by atoms with Crippen LogP contribution in [0.2, 0.25) is 0 Å². The minimum Gasteiger partial charge on any atom is -0.346 e. The summed E-state index contributed by atoms with van der Waals surface area (Å²) < 4.78 is 29.8. The Balaban J connectivity index is 1.74. The Bertz CT molecular complexity index is 1140. The first-order chi connectivity index (χ1) is 13.5. The summed E-state index contributed by atoms with van der Waals surface area (Å²) in [6.45, 7) is 0.243. The maximum Gasteiger partial charge on any atom is 0.280 e. The third-order valence-corrected chi connectivity index (χ3v) is 4.39. The van der Waals surface area contributed by atoms with Gasteiger partial charge in [0.15, 0.2) is 5.65 Å². The summed E-state index contributed by atoms with van der Waals surface area (Å²) in [7, 11) is 1.76. The van der Waals surface area contributed by atoms with Crippen molar-refractivity contribution in [3.63, 3.8) is 0 Å². The van der Waals surface area contributed by atoms with E-state index in [-0.39, 0.29) is 23.4 Å². The van der Waals surface area contributed by atoms with E-state index < -0.39 is 12.3 Å². The number of benzene rings is 1. The molecule has 1 amide bonds. The Hall–Kier alpha value is -3.62. The zero-order chi connectivity index (χ0) is 19.7. The van der Waals surface area contributed by atoms with Crippen LogP contribution < -0.4 is 5.32 Å². The van der Waals surface area contributed by atoms with Crippen LogP contribution in [0, 0.1) is 0 Å². The zero-order valence-electron chi connectivity index (χ0n) is 14.9. The second-order valence-electron chi connectivity index (χ2n) is 6.16. The van der Waals surface area contributed by atoms with Crippen LogP contribution in [0.4, 0.5) is 8.78 Å². The SMILES string of the molecule is Cn1nccc1CNC(=O)c1cnn2c(C(F)F)cc(-c3ccccc3)nc12. The molecule has 0 saturated carbocycles. The average molecular weight is 382 g/mol. The van der Waals surface area contributed by atoms with Gasteiger partial charge in [-0.3, -0.25) is 9.48 Å². The molecule has 4 rings (SSSR count). The normalized spacial score (nSPS) is 11.3. The second-order valence-corrected chi connectivity index (χ2v) is 6.16. The van der Waals surface area contributed by atoms with Gasteiger partial charge in [-0.1, -0.05) is 30.3 Å². The van der Waals surface area contributed by atoms with Gasteiger partial charge in [0.05, 0.1) is 24.1 Å². The Kier molecular flexibility index (Phi) is 4.56. The van der Waals surface area contributed by atoms with Gasteiger partial charge in [0, 0.05) is 18.8 Å². The molecule has 0 aliphatic heterocycles. The van der Waals surface area contributed by atoms with Gasteiger partial charge in [-0.05, 0) is 12.1 Å². The molecule has 1 N–H and O–H groups in total. The lowest BCUT2D eigenvalue weighted by Crippen LogP contribution is -2.24. The molecule has 0 saturated heterocycles. The van der Waals surface area contributed by atoms with E-state index in [4.69, 9.17) is 0 Å². The molecule has 0 fully saturated rings. The van der Waals surface area contributed by atoms with Crippen LogP contribution in [0.3, 0.4) is 0 Å². The van der Waals surface area contributed by atoms with Crippen molar-refractivity contribution in [3.8, 4) is 11.3 Å². The summed E-state index contributed by atoms with van der Waals surface area (Å²) in [5.41, 5.74) is 1.71. The van der Waals surface area contributed by atoms with Gasteiger partial charge in [-0.15, -0.1) is 0 Å². The highest BCUT2D eigenvalue weighted by Gasteiger charge is 2.21. The van der Waals surface area contributed by atoms with Crippen LogP contribution in [-0.2, 0) is 13.6 Å². The summed E-state index contributed by atoms with van der Waals surface area (Å²) in [6.07, 6.45) is 0.110. The molecule has 142 valence electrons. The summed E-state index contributed by atoms with van der Waals surface area (Å²) in [6, 6.07) is 12.0. The number of halogens is 2. The van der Waals surface area contributed by atoms with Gasteiger partial charge in [0.1, 0.15) is 11.3 Å². The highest BCUT2D eigenvalue weighted by Crippen LogP contribution is 2.26. The number of nitrogens with zero attached hydrogens (tertiary/aromatic N) is 5. The number of carbonyl (C=O) groups is 1. The molecule has 0 aliphatic carbocycles. The third kappa shape index (κ3) is 3.22. The van der Waals surface area contributed by atoms with Gasteiger partial charge in [-0.25, -0.2) is 18.3 Å². The van der Waals surface area contributed by atoms with Crippen LogP contribution in [-0.4, -0.2) is 30.3 Å². The van der Waals surface area contributed by atoms with E-state index in [1.807, 2.05) is 6.07 Å². The highest BCUT2D eigenvalue weighted by atomic mass is 19.3. The lowest BCUT2D eigenvalue weighted by Gasteiger charge is -2.09. The van der Waals surface area contributed by atoms with Crippen molar-refractivity contribution in [1.29, 1.82) is 0 Å². The van der Waals surface area contributed by atoms with Crippen molar-refractivity contribution in [1.82, 2.24) is 29.7 Å². The largest absolute Gasteiger partial charge is 0.346 e. The quantitative estimate of drug-likeness (QED) is 0.576. The van der Waals surface area contributed by atoms with E-state index in [2.05, 4.69) is 20.5 Å². The first kappa shape index (κ1) is 17.8. The van der Waals surface area contributed by atoms with E-state index in [0.717, 1.165) is 10.2 Å². The fourth-order valence-electron chi connectivity index (χ4n) is 2.90. The molecule has 0 spiro atoms. The lowest BCUT2D eigenvalue weighted by atomic mass is 10.1. The summed E-state index contributed by atoms with van der Waals surface area (Å²) in [4.78, 5) is 17.1. The number of hydrogen-bond acceptors (Lipinski definition) is 4. The molecule has 0 aliphatic rings. The molecule has 0 bridgehead atoms. The molecule has 4 aromatic rings. The molecular formula is C19H16F2N6O. The van der Waals surface area contributed by atoms with Gasteiger partial charge in [0.2, 0.25) is 0 Å². The Morgan fingerprint density at radius 1 is 1.18 bits per heavy atom. The predicted octanol–water partition coefficient (Wildman–Crippen LogP) is 3.00. The summed E-state index contributed by atoms with van der Waals surface area (Å²) in [5, 5.41) is 10.7. The molecular weight excluding hydrogens is 366 g/mol. The molecule has 9 heteroatoms. The standard InChI is InChI=1S/C19H16F2N6O/c1-26-13(7-8-23-26)10-22-19(28)14-11-24-27-16(17(20)21)9-15(25-18(14)27)12-5-3-2-4-6-12/h2-9,11,17H,10H2,1H3,(H,22,28). The molecule has 7 nitrogen and oxygen atoms in total. The van der Waals surface area contributed by atoms with Crippen LogP contribution in [0.5, 0.6) is 0 Å². The van der Waals surface area contributed by atoms with Gasteiger partial charge in [-0.2, -0.15) is 10.2 Å². The van der Waals surface area contributed by atoms with Gasteiger partial charge < -0.3 is 5.32 Å². The number of rotatable bonds is 5. The van der Waals surface area contributed by atoms with E-state index in [1.54, 1.807) is 48.3 Å². The molecule has 3 aromatic heterocycles. The minimum atomic E-state index is -2.77. The maximum absolute atomic E-state index is 13.6. The fraction of sp³-hybridized carbons (Fsp3) is 0.158. The number of aromatic nitrogens is 5. The average Bonchev–Trinajstić information content (AvgIpc) is 3.31. The number of nitrogens with one attached hydrogen (secondary N) is 1. The Morgan fingerprint density at radius 3 is 2.64 bits per heavy atom. The Labute approximate surface area is 158 Å². The number of fused-ring (bicyclic) bond motifs is 1. The molecule has 28 heavy (non-hydrogen) atoms. The summed E-state index contributed by atoms with van der Waals surface area (Å²) in [5.74, 6) is -0.450. The first-order valence-electron chi connectivity index (χ1n) is 8.52. The van der Waals surface area contributed by atoms with Crippen molar-refractivity contribution in [2.24, 2.45) is 7.05 Å². The fourth-order valence-corrected chi connectivity index (χ4v) is 2.90. The maximum atomic E-state index is 13.6. The van der Waals surface area contributed by atoms with Crippen molar-refractivity contribution in [2.75, 3.05) is 0 Å². The number of amides is 1. The van der Waals surface area contributed by atoms with E-state index in [9.17, 15) is 13.6 Å². The van der Waals surface area contributed by atoms with E-state index >= 15 is 0 Å². The second kappa shape index (κ2) is 7.18. The molecule has 0 unspecified atom stereocenters. The van der Waals surface area contributed by atoms with Gasteiger partial charge >= 0.3 is 0 Å². The smallest absolute Gasteiger partial charge is 0.280 e. The highest BCUT2D eigenvalue weighted by molar-refractivity contribution is 5.99. The monoisotopic (exact) mass is 382 g/mol. The summed E-state index contributed by atoms with van der Waals surface area (Å²) >= 11 is 0. The number of aryl methyl sites for hydroxylation is 1. The predicted molar refractivity (Wildman–Crippen MR) is 97.8 cm³/mol. The number of hydrogen-bond donors (Lipinski definition) is 1. The Morgan fingerprint density at radius 2 is 1.96 bits per heavy atom. The lowest BCUT2D eigenvalue weighted by molar-refractivity contribution is 0.0951. The molecule has 0 atom stereocenters. The van der Waals surface area contributed by atoms with Crippen LogP contribution in [0.25, 0.3) is 16.9 Å². The van der Waals surface area contributed by atoms with Crippen LogP contribution in [0.1, 0.15) is 28.2 Å². The van der Waals surface area contributed by atoms with Crippen molar-refractivity contribution in [3.05, 3.63) is 71.8 Å². The molecule has 3 heterocycles. The van der Waals surface area contributed by atoms with Gasteiger partial charge in [0.25, 0.3) is 12.3 Å². The topological polar surface area (TPSA) is 77.1 Å². The first-order valence-corrected chi connectivity index (χ1v) is 8.52. The zero-order valence-corrected chi connectivity index (χ0v) is 14.9. The van der Waals surface area contributed by atoms with E-state index in [0.29, 0.717) is 11.3 Å². The minimum absolute atomic E-state index is 0.0826. The molecule has 1 aromatic carbocycles. The van der Waals surface area contributed by atoms with Crippen molar-refractivity contribution in [2.45, 2.75) is 13.0 Å². The molecule has 0 radical (unpaired) electrons. The number of carbonyl (C=O) groups excluding carboxylic acids is 1. The van der Waals surface area contributed by atoms with E-state index in [1.165, 1.54) is 12.3 Å². The van der Waals surface area contributed by atoms with Crippen molar-refractivity contribution < 1.29 is 13.6 Å². The van der Waals surface area contributed by atoms with Crippen LogP contribution in [0.15, 0.2) is 54.9 Å². The number of alkyl halides is 2. The van der Waals surface area contributed by atoms with Crippen LogP contribution >= 0.6 is 0 Å². The third-order valence-electron chi connectivity index (χ3n) is 4.39.